The number of alkyl halides is 3. The molecule has 0 unspecified atom stereocenters. The van der Waals surface area contributed by atoms with Crippen LogP contribution in [0.3, 0.4) is 0 Å². The van der Waals surface area contributed by atoms with Gasteiger partial charge < -0.3 is 16.0 Å². The molecule has 3 N–H and O–H groups in total. The number of anilines is 1. The Morgan fingerprint density at radius 2 is 1.79 bits per heavy atom. The van der Waals surface area contributed by atoms with E-state index in [2.05, 4.69) is 5.32 Å². The fourth-order valence-electron chi connectivity index (χ4n) is 3.42. The molecule has 0 aromatic heterocycles. The van der Waals surface area contributed by atoms with Gasteiger partial charge in [0.15, 0.2) is 9.84 Å². The molecule has 0 saturated heterocycles. The third-order valence-corrected chi connectivity index (χ3v) is 6.87. The highest BCUT2D eigenvalue weighted by Gasteiger charge is 2.37. The zero-order chi connectivity index (χ0) is 25.3. The van der Waals surface area contributed by atoms with Crippen LogP contribution < -0.4 is 16.0 Å². The van der Waals surface area contributed by atoms with Gasteiger partial charge in [0.25, 0.3) is 5.91 Å². The van der Waals surface area contributed by atoms with Crippen LogP contribution in [-0.2, 0) is 21.2 Å². The third-order valence-electron chi connectivity index (χ3n) is 5.08. The Morgan fingerprint density at radius 3 is 2.41 bits per heavy atom. The lowest BCUT2D eigenvalue weighted by Gasteiger charge is -2.25. The van der Waals surface area contributed by atoms with Crippen molar-refractivity contribution in [3.63, 3.8) is 0 Å². The SMILES string of the molecule is N[C@H]1CS(=O)(=O)c2cc(F)c(C(=O)NCCCC(F)(F)F)cc2N(Cc2ccc(F)cc2)C1=O. The van der Waals surface area contributed by atoms with Crippen molar-refractivity contribution in [1.82, 2.24) is 5.32 Å². The highest BCUT2D eigenvalue weighted by atomic mass is 32.2. The first-order valence-corrected chi connectivity index (χ1v) is 11.7. The van der Waals surface area contributed by atoms with E-state index in [0.29, 0.717) is 11.6 Å². The molecule has 7 nitrogen and oxygen atoms in total. The van der Waals surface area contributed by atoms with E-state index in [1.54, 1.807) is 0 Å². The number of sulfone groups is 1. The summed E-state index contributed by atoms with van der Waals surface area (Å²) in [6.07, 6.45) is -6.02. The number of hydrogen-bond acceptors (Lipinski definition) is 5. The number of benzene rings is 2. The molecule has 2 aromatic rings. The highest BCUT2D eigenvalue weighted by molar-refractivity contribution is 7.91. The maximum atomic E-state index is 14.7. The topological polar surface area (TPSA) is 110 Å². The van der Waals surface area contributed by atoms with Crippen molar-refractivity contribution in [2.75, 3.05) is 17.2 Å². The molecule has 1 atom stereocenters. The van der Waals surface area contributed by atoms with E-state index in [1.165, 1.54) is 12.1 Å². The quantitative estimate of drug-likeness (QED) is 0.464. The Balaban J connectivity index is 1.99. The van der Waals surface area contributed by atoms with Crippen LogP contribution in [0.2, 0.25) is 0 Å². The molecule has 3 rings (SSSR count). The lowest BCUT2D eigenvalue weighted by molar-refractivity contribution is -0.135. The molecular formula is C21H20F5N3O4S. The van der Waals surface area contributed by atoms with Crippen LogP contribution in [0.5, 0.6) is 0 Å². The van der Waals surface area contributed by atoms with Gasteiger partial charge in [0.1, 0.15) is 11.6 Å². The zero-order valence-electron chi connectivity index (χ0n) is 17.5. The predicted octanol–water partition coefficient (Wildman–Crippen LogP) is 2.68. The second-order valence-corrected chi connectivity index (χ2v) is 9.72. The Morgan fingerprint density at radius 1 is 1.15 bits per heavy atom. The Labute approximate surface area is 191 Å². The molecule has 13 heteroatoms. The summed E-state index contributed by atoms with van der Waals surface area (Å²) in [7, 11) is -4.24. The van der Waals surface area contributed by atoms with E-state index in [0.717, 1.165) is 23.1 Å². The number of nitrogens with one attached hydrogen (secondary N) is 1. The van der Waals surface area contributed by atoms with Crippen molar-refractivity contribution in [2.45, 2.75) is 36.5 Å². The summed E-state index contributed by atoms with van der Waals surface area (Å²) < 4.78 is 90.3. The minimum Gasteiger partial charge on any atom is -0.352 e. The number of hydrogen-bond donors (Lipinski definition) is 2. The number of carbonyl (C=O) groups excluding carboxylic acids is 2. The number of rotatable bonds is 6. The number of halogens is 5. The monoisotopic (exact) mass is 505 g/mol. The average molecular weight is 505 g/mol. The van der Waals surface area contributed by atoms with E-state index >= 15 is 0 Å². The summed E-state index contributed by atoms with van der Waals surface area (Å²) in [5.41, 5.74) is 5.18. The van der Waals surface area contributed by atoms with Crippen LogP contribution >= 0.6 is 0 Å². The number of fused-ring (bicyclic) bond motifs is 1. The molecule has 184 valence electrons. The fraction of sp³-hybridized carbons (Fsp3) is 0.333. The summed E-state index contributed by atoms with van der Waals surface area (Å²) in [4.78, 5) is 25.7. The Bertz CT molecular complexity index is 1200. The van der Waals surface area contributed by atoms with Crippen molar-refractivity contribution in [3.8, 4) is 0 Å². The normalized spacial score (nSPS) is 17.8. The van der Waals surface area contributed by atoms with Gasteiger partial charge in [-0.2, -0.15) is 13.2 Å². The lowest BCUT2D eigenvalue weighted by Crippen LogP contribution is -2.45. The van der Waals surface area contributed by atoms with Gasteiger partial charge in [-0.3, -0.25) is 9.59 Å². The largest absolute Gasteiger partial charge is 0.389 e. The molecule has 0 aliphatic carbocycles. The minimum atomic E-state index is -4.42. The Hall–Kier alpha value is -3.06. The molecule has 0 spiro atoms. The van der Waals surface area contributed by atoms with E-state index in [9.17, 15) is 40.0 Å². The Kier molecular flexibility index (Phi) is 7.26. The maximum absolute atomic E-state index is 14.7. The van der Waals surface area contributed by atoms with Crippen molar-refractivity contribution in [3.05, 3.63) is 59.2 Å². The summed E-state index contributed by atoms with van der Waals surface area (Å²) in [5.74, 6) is -4.49. The van der Waals surface area contributed by atoms with Gasteiger partial charge in [-0.1, -0.05) is 12.1 Å². The smallest absolute Gasteiger partial charge is 0.352 e. The van der Waals surface area contributed by atoms with Gasteiger partial charge in [-0.25, -0.2) is 17.2 Å². The molecule has 0 saturated carbocycles. The summed E-state index contributed by atoms with van der Waals surface area (Å²) >= 11 is 0. The highest BCUT2D eigenvalue weighted by Crippen LogP contribution is 2.34. The second kappa shape index (κ2) is 9.66. The molecule has 1 heterocycles. The second-order valence-electron chi connectivity index (χ2n) is 7.71. The molecule has 34 heavy (non-hydrogen) atoms. The van der Waals surface area contributed by atoms with E-state index in [4.69, 9.17) is 5.73 Å². The van der Waals surface area contributed by atoms with Crippen molar-refractivity contribution < 1.29 is 40.0 Å². The van der Waals surface area contributed by atoms with Crippen LogP contribution in [0.1, 0.15) is 28.8 Å². The van der Waals surface area contributed by atoms with Gasteiger partial charge in [-0.15, -0.1) is 0 Å². The van der Waals surface area contributed by atoms with Crippen LogP contribution in [0, 0.1) is 11.6 Å². The average Bonchev–Trinajstić information content (AvgIpc) is 2.80. The zero-order valence-corrected chi connectivity index (χ0v) is 18.3. The van der Waals surface area contributed by atoms with Gasteiger partial charge in [0, 0.05) is 13.0 Å². The molecule has 2 amide bonds. The first-order chi connectivity index (χ1) is 15.8. The van der Waals surface area contributed by atoms with E-state index in [-0.39, 0.29) is 12.2 Å². The molecule has 0 fully saturated rings. The summed E-state index contributed by atoms with van der Waals surface area (Å²) in [6, 6.07) is 4.90. The van der Waals surface area contributed by atoms with Crippen molar-refractivity contribution in [2.24, 2.45) is 5.73 Å². The molecule has 0 bridgehead atoms. The molecular weight excluding hydrogens is 485 g/mol. The van der Waals surface area contributed by atoms with Gasteiger partial charge >= 0.3 is 6.18 Å². The van der Waals surface area contributed by atoms with Crippen molar-refractivity contribution >= 4 is 27.3 Å². The van der Waals surface area contributed by atoms with Gasteiger partial charge in [-0.05, 0) is 36.2 Å². The summed E-state index contributed by atoms with van der Waals surface area (Å²) in [6.45, 7) is -0.663. The van der Waals surface area contributed by atoms with Crippen LogP contribution in [0.25, 0.3) is 0 Å². The molecule has 1 aliphatic heterocycles. The van der Waals surface area contributed by atoms with Crippen molar-refractivity contribution in [1.29, 1.82) is 0 Å². The van der Waals surface area contributed by atoms with Crippen LogP contribution in [0.4, 0.5) is 27.6 Å². The number of nitrogens with zero attached hydrogens (tertiary/aromatic N) is 1. The van der Waals surface area contributed by atoms with E-state index < -0.39 is 81.1 Å². The third kappa shape index (κ3) is 5.89. The number of amides is 2. The van der Waals surface area contributed by atoms with E-state index in [1.807, 2.05) is 0 Å². The summed E-state index contributed by atoms with van der Waals surface area (Å²) in [5, 5.41) is 2.15. The standard InChI is InChI=1S/C21H20F5N3O4S/c22-13-4-2-12(3-5-13)10-29-17-8-14(19(30)28-7-1-6-21(24,25)26)15(23)9-18(17)34(32,33)11-16(27)20(29)31/h2-5,8-9,16H,1,6-7,10-11,27H2,(H,28,30)/t16-/m0/s1. The maximum Gasteiger partial charge on any atom is 0.389 e. The molecule has 1 aliphatic rings. The number of nitrogens with two attached hydrogens (primary N) is 1. The van der Waals surface area contributed by atoms with Gasteiger partial charge in [0.2, 0.25) is 5.91 Å². The molecule has 2 aromatic carbocycles. The van der Waals surface area contributed by atoms with Gasteiger partial charge in [0.05, 0.1) is 34.5 Å². The van der Waals surface area contributed by atoms with Crippen LogP contribution in [-0.4, -0.2) is 44.7 Å². The van der Waals surface area contributed by atoms with Crippen LogP contribution in [0.15, 0.2) is 41.3 Å². The first-order valence-electron chi connectivity index (χ1n) is 10.0. The predicted molar refractivity (Wildman–Crippen MR) is 112 cm³/mol. The fourth-order valence-corrected chi connectivity index (χ4v) is 4.98. The molecule has 0 radical (unpaired) electrons. The minimum absolute atomic E-state index is 0.256. The lowest BCUT2D eigenvalue weighted by atomic mass is 10.1. The first kappa shape index (κ1) is 25.6. The number of carbonyl (C=O) groups is 2.